The summed E-state index contributed by atoms with van der Waals surface area (Å²) in [4.78, 5) is 6.74. The monoisotopic (exact) mass is 217 g/mol. The summed E-state index contributed by atoms with van der Waals surface area (Å²) < 4.78 is 2.18. The van der Waals surface area contributed by atoms with Crippen LogP contribution < -0.4 is 4.90 Å². The molecule has 0 saturated heterocycles. The van der Waals surface area contributed by atoms with Gasteiger partial charge in [0.15, 0.2) is 5.82 Å². The zero-order valence-corrected chi connectivity index (χ0v) is 10.7. The second-order valence-electron chi connectivity index (χ2n) is 5.36. The lowest BCUT2D eigenvalue weighted by Gasteiger charge is -2.22. The topological polar surface area (TPSA) is 20.5 Å². The number of pyridine rings is 1. The van der Waals surface area contributed by atoms with Crippen molar-refractivity contribution in [2.24, 2.45) is 0 Å². The molecule has 0 fully saturated rings. The number of anilines is 1. The summed E-state index contributed by atoms with van der Waals surface area (Å²) in [5, 5.41) is 0. The highest BCUT2D eigenvalue weighted by Crippen LogP contribution is 2.31. The maximum Gasteiger partial charge on any atom is 0.151 e. The van der Waals surface area contributed by atoms with Crippen LogP contribution in [0.2, 0.25) is 0 Å². The Labute approximate surface area is 96.7 Å². The van der Waals surface area contributed by atoms with Gasteiger partial charge in [0.25, 0.3) is 0 Å². The molecule has 2 aromatic heterocycles. The van der Waals surface area contributed by atoms with Crippen LogP contribution in [0.3, 0.4) is 0 Å². The second kappa shape index (κ2) is 3.51. The van der Waals surface area contributed by atoms with Crippen molar-refractivity contribution in [3.63, 3.8) is 0 Å². The molecule has 2 heterocycles. The van der Waals surface area contributed by atoms with Crippen LogP contribution >= 0.6 is 0 Å². The highest BCUT2D eigenvalue weighted by atomic mass is 15.2. The van der Waals surface area contributed by atoms with E-state index in [1.165, 1.54) is 5.69 Å². The molecule has 0 N–H and O–H groups in total. The van der Waals surface area contributed by atoms with Gasteiger partial charge < -0.3 is 9.30 Å². The summed E-state index contributed by atoms with van der Waals surface area (Å²) in [6, 6.07) is 6.11. The van der Waals surface area contributed by atoms with Gasteiger partial charge in [0.2, 0.25) is 0 Å². The highest BCUT2D eigenvalue weighted by molar-refractivity contribution is 5.57. The van der Waals surface area contributed by atoms with E-state index in [9.17, 15) is 0 Å². The first-order valence-electron chi connectivity index (χ1n) is 5.56. The number of nitrogens with zero attached hydrogens (tertiary/aromatic N) is 3. The van der Waals surface area contributed by atoms with E-state index in [0.29, 0.717) is 0 Å². The Balaban J connectivity index is 2.80. The van der Waals surface area contributed by atoms with Crippen molar-refractivity contribution in [2.45, 2.75) is 26.2 Å². The van der Waals surface area contributed by atoms with Crippen LogP contribution in [0, 0.1) is 0 Å². The number of hydrogen-bond donors (Lipinski definition) is 0. The van der Waals surface area contributed by atoms with Crippen LogP contribution in [-0.4, -0.2) is 23.5 Å². The molecule has 0 unspecified atom stereocenters. The van der Waals surface area contributed by atoms with Crippen molar-refractivity contribution in [3.05, 3.63) is 30.1 Å². The minimum absolute atomic E-state index is 0.0837. The summed E-state index contributed by atoms with van der Waals surface area (Å²) in [7, 11) is 4.08. The molecular formula is C13H19N3. The van der Waals surface area contributed by atoms with Gasteiger partial charge in [0.05, 0.1) is 5.69 Å². The molecule has 0 radical (unpaired) electrons. The molecule has 0 aliphatic heterocycles. The molecule has 0 atom stereocenters. The Morgan fingerprint density at radius 2 is 1.88 bits per heavy atom. The standard InChI is InChI=1S/C13H19N3/c1-13(2,3)11-12(15(4)5)14-10-8-6-7-9-16(10)11/h6-9H,1-5H3. The average molecular weight is 217 g/mol. The molecule has 0 spiro atoms. The molecule has 0 aliphatic carbocycles. The van der Waals surface area contributed by atoms with E-state index in [2.05, 4.69) is 41.3 Å². The Morgan fingerprint density at radius 1 is 1.19 bits per heavy atom. The van der Waals surface area contributed by atoms with Gasteiger partial charge in [0, 0.05) is 25.7 Å². The lowest BCUT2D eigenvalue weighted by molar-refractivity contribution is 0.563. The first-order valence-corrected chi connectivity index (χ1v) is 5.56. The zero-order valence-electron chi connectivity index (χ0n) is 10.7. The molecule has 0 saturated carbocycles. The quantitative estimate of drug-likeness (QED) is 0.732. The Kier molecular flexibility index (Phi) is 2.41. The largest absolute Gasteiger partial charge is 0.361 e. The molecule has 0 bridgehead atoms. The van der Waals surface area contributed by atoms with Crippen LogP contribution in [0.5, 0.6) is 0 Å². The third-order valence-electron chi connectivity index (χ3n) is 2.65. The van der Waals surface area contributed by atoms with Gasteiger partial charge in [-0.05, 0) is 12.1 Å². The number of imidazole rings is 1. The molecule has 2 rings (SSSR count). The van der Waals surface area contributed by atoms with Crippen LogP contribution in [0.15, 0.2) is 24.4 Å². The minimum Gasteiger partial charge on any atom is -0.361 e. The van der Waals surface area contributed by atoms with Crippen molar-refractivity contribution in [1.82, 2.24) is 9.38 Å². The molecule has 3 nitrogen and oxygen atoms in total. The SMILES string of the molecule is CN(C)c1nc2ccccn2c1C(C)(C)C. The van der Waals surface area contributed by atoms with Gasteiger partial charge in [-0.25, -0.2) is 4.98 Å². The molecule has 0 amide bonds. The third-order valence-corrected chi connectivity index (χ3v) is 2.65. The normalized spacial score (nSPS) is 12.1. The average Bonchev–Trinajstić information content (AvgIpc) is 2.55. The van der Waals surface area contributed by atoms with Gasteiger partial charge in [-0.2, -0.15) is 0 Å². The van der Waals surface area contributed by atoms with E-state index in [-0.39, 0.29) is 5.41 Å². The lowest BCUT2D eigenvalue weighted by atomic mass is 9.91. The number of hydrogen-bond acceptors (Lipinski definition) is 2. The van der Waals surface area contributed by atoms with Gasteiger partial charge in [0.1, 0.15) is 5.65 Å². The van der Waals surface area contributed by atoms with Crippen LogP contribution in [0.1, 0.15) is 26.5 Å². The summed E-state index contributed by atoms with van der Waals surface area (Å²) in [6.45, 7) is 6.66. The first-order chi connectivity index (χ1) is 7.41. The summed E-state index contributed by atoms with van der Waals surface area (Å²) in [5.74, 6) is 1.05. The molecule has 86 valence electrons. The fourth-order valence-electron chi connectivity index (χ4n) is 1.99. The summed E-state index contributed by atoms with van der Waals surface area (Å²) in [5.41, 5.74) is 2.35. The van der Waals surface area contributed by atoms with Crippen LogP contribution in [0.4, 0.5) is 5.82 Å². The second-order valence-corrected chi connectivity index (χ2v) is 5.36. The lowest BCUT2D eigenvalue weighted by Crippen LogP contribution is -2.20. The number of aromatic nitrogens is 2. The van der Waals surface area contributed by atoms with E-state index in [1.54, 1.807) is 0 Å². The molecule has 16 heavy (non-hydrogen) atoms. The summed E-state index contributed by atoms with van der Waals surface area (Å²) >= 11 is 0. The minimum atomic E-state index is 0.0837. The van der Waals surface area contributed by atoms with E-state index in [4.69, 9.17) is 0 Å². The van der Waals surface area contributed by atoms with E-state index in [0.717, 1.165) is 11.5 Å². The number of fused-ring (bicyclic) bond motifs is 1. The Morgan fingerprint density at radius 3 is 2.44 bits per heavy atom. The van der Waals surface area contributed by atoms with Crippen LogP contribution in [0.25, 0.3) is 5.65 Å². The van der Waals surface area contributed by atoms with Gasteiger partial charge in [-0.15, -0.1) is 0 Å². The Hall–Kier alpha value is -1.51. The molecule has 0 aromatic carbocycles. The van der Waals surface area contributed by atoms with E-state index >= 15 is 0 Å². The summed E-state index contributed by atoms with van der Waals surface area (Å²) in [6.07, 6.45) is 2.08. The van der Waals surface area contributed by atoms with E-state index in [1.807, 2.05) is 32.3 Å². The van der Waals surface area contributed by atoms with Crippen molar-refractivity contribution in [2.75, 3.05) is 19.0 Å². The predicted octanol–water partition coefficient (Wildman–Crippen LogP) is 2.70. The third kappa shape index (κ3) is 1.66. The van der Waals surface area contributed by atoms with Crippen molar-refractivity contribution < 1.29 is 0 Å². The smallest absolute Gasteiger partial charge is 0.151 e. The Bertz CT molecular complexity index is 503. The molecule has 3 heteroatoms. The fraction of sp³-hybridized carbons (Fsp3) is 0.462. The predicted molar refractivity (Wildman–Crippen MR) is 68.2 cm³/mol. The first kappa shape index (κ1) is 11.0. The van der Waals surface area contributed by atoms with Crippen molar-refractivity contribution in [1.29, 1.82) is 0 Å². The molecular weight excluding hydrogens is 198 g/mol. The maximum atomic E-state index is 4.67. The fourth-order valence-corrected chi connectivity index (χ4v) is 1.99. The maximum absolute atomic E-state index is 4.67. The van der Waals surface area contributed by atoms with E-state index < -0.39 is 0 Å². The van der Waals surface area contributed by atoms with Gasteiger partial charge in [-0.3, -0.25) is 0 Å². The molecule has 0 aliphatic rings. The molecule has 2 aromatic rings. The van der Waals surface area contributed by atoms with Crippen LogP contribution in [-0.2, 0) is 5.41 Å². The van der Waals surface area contributed by atoms with Gasteiger partial charge >= 0.3 is 0 Å². The highest BCUT2D eigenvalue weighted by Gasteiger charge is 2.24. The van der Waals surface area contributed by atoms with Crippen molar-refractivity contribution in [3.8, 4) is 0 Å². The zero-order chi connectivity index (χ0) is 11.9. The van der Waals surface area contributed by atoms with Crippen molar-refractivity contribution >= 4 is 11.5 Å². The van der Waals surface area contributed by atoms with Gasteiger partial charge in [-0.1, -0.05) is 26.8 Å². The number of rotatable bonds is 1.